The van der Waals surface area contributed by atoms with Crippen LogP contribution < -0.4 is 16.0 Å². The second kappa shape index (κ2) is 5.79. The van der Waals surface area contributed by atoms with Crippen molar-refractivity contribution in [2.45, 2.75) is 0 Å². The lowest BCUT2D eigenvalue weighted by atomic mass is 10.3. The molecule has 1 saturated heterocycles. The van der Waals surface area contributed by atoms with Gasteiger partial charge in [0.25, 0.3) is 0 Å². The van der Waals surface area contributed by atoms with Gasteiger partial charge in [-0.25, -0.2) is 4.98 Å². The van der Waals surface area contributed by atoms with E-state index < -0.39 is 0 Å². The van der Waals surface area contributed by atoms with E-state index in [1.807, 2.05) is 6.07 Å². The number of anilines is 2. The average molecular weight is 249 g/mol. The van der Waals surface area contributed by atoms with Crippen molar-refractivity contribution in [2.24, 2.45) is 5.73 Å². The van der Waals surface area contributed by atoms with Gasteiger partial charge < -0.3 is 20.9 Å². The van der Waals surface area contributed by atoms with E-state index in [1.165, 1.54) is 0 Å². The highest BCUT2D eigenvalue weighted by Crippen LogP contribution is 2.16. The maximum Gasteiger partial charge on any atom is 0.239 e. The van der Waals surface area contributed by atoms with Crippen molar-refractivity contribution in [3.8, 4) is 0 Å². The van der Waals surface area contributed by atoms with Crippen LogP contribution in [0, 0.1) is 0 Å². The topological polar surface area (TPSA) is 74.5 Å². The van der Waals surface area contributed by atoms with Crippen molar-refractivity contribution in [1.82, 2.24) is 9.88 Å². The number of pyridine rings is 1. The number of aromatic nitrogens is 1. The average Bonchev–Trinajstić information content (AvgIpc) is 2.40. The summed E-state index contributed by atoms with van der Waals surface area (Å²) in [6.45, 7) is 4.11. The maximum absolute atomic E-state index is 11.1. The van der Waals surface area contributed by atoms with E-state index in [4.69, 9.17) is 5.73 Å². The second-order valence-corrected chi connectivity index (χ2v) is 4.44. The molecule has 0 unspecified atom stereocenters. The highest BCUT2D eigenvalue weighted by molar-refractivity contribution is 5.91. The van der Waals surface area contributed by atoms with Crippen LogP contribution in [0.4, 0.5) is 11.5 Å². The Morgan fingerprint density at radius 1 is 1.39 bits per heavy atom. The molecule has 0 saturated carbocycles. The molecule has 1 amide bonds. The molecule has 6 nitrogen and oxygen atoms in total. The molecule has 6 heteroatoms. The maximum atomic E-state index is 11.1. The van der Waals surface area contributed by atoms with Gasteiger partial charge in [0.05, 0.1) is 18.4 Å². The summed E-state index contributed by atoms with van der Waals surface area (Å²) in [5.74, 6) is 0.318. The van der Waals surface area contributed by atoms with Crippen LogP contribution in [0.1, 0.15) is 0 Å². The standard InChI is InChI=1S/C12H19N5O/c1-16-4-6-17(7-5-16)10-2-3-11(14-9-10)15-12(18)8-13/h2-3,9H,4-8,13H2,1H3,(H,14,15,18). The summed E-state index contributed by atoms with van der Waals surface area (Å²) in [7, 11) is 2.13. The summed E-state index contributed by atoms with van der Waals surface area (Å²) in [5, 5.41) is 2.63. The van der Waals surface area contributed by atoms with Crippen molar-refractivity contribution < 1.29 is 4.79 Å². The van der Waals surface area contributed by atoms with Crippen molar-refractivity contribution in [2.75, 3.05) is 50.0 Å². The molecule has 98 valence electrons. The first kappa shape index (κ1) is 12.8. The number of piperazine rings is 1. The van der Waals surface area contributed by atoms with Gasteiger partial charge >= 0.3 is 0 Å². The normalized spacial score (nSPS) is 16.7. The molecule has 1 aromatic rings. The zero-order valence-corrected chi connectivity index (χ0v) is 10.6. The van der Waals surface area contributed by atoms with Crippen molar-refractivity contribution in [3.63, 3.8) is 0 Å². The number of likely N-dealkylation sites (N-methyl/N-ethyl adjacent to an activating group) is 1. The number of carbonyl (C=O) groups is 1. The summed E-state index contributed by atoms with van der Waals surface area (Å²) in [4.78, 5) is 19.9. The number of hydrogen-bond acceptors (Lipinski definition) is 5. The lowest BCUT2D eigenvalue weighted by Crippen LogP contribution is -2.44. The van der Waals surface area contributed by atoms with E-state index in [-0.39, 0.29) is 12.5 Å². The fourth-order valence-electron chi connectivity index (χ4n) is 1.91. The number of rotatable bonds is 3. The predicted octanol–water partition coefficient (Wildman–Crippen LogP) is -0.269. The van der Waals surface area contributed by atoms with E-state index in [0.29, 0.717) is 5.82 Å². The predicted molar refractivity (Wildman–Crippen MR) is 71.6 cm³/mol. The quantitative estimate of drug-likeness (QED) is 0.771. The van der Waals surface area contributed by atoms with Crippen LogP contribution >= 0.6 is 0 Å². The molecule has 2 heterocycles. The molecule has 2 rings (SSSR count). The van der Waals surface area contributed by atoms with Gasteiger partial charge in [0.2, 0.25) is 5.91 Å². The van der Waals surface area contributed by atoms with Crippen LogP contribution in [-0.4, -0.2) is 55.6 Å². The van der Waals surface area contributed by atoms with E-state index in [1.54, 1.807) is 12.3 Å². The second-order valence-electron chi connectivity index (χ2n) is 4.44. The number of nitrogens with two attached hydrogens (primary N) is 1. The van der Waals surface area contributed by atoms with Crippen LogP contribution in [0.5, 0.6) is 0 Å². The van der Waals surface area contributed by atoms with Gasteiger partial charge in [0, 0.05) is 26.2 Å². The molecule has 0 radical (unpaired) electrons. The fourth-order valence-corrected chi connectivity index (χ4v) is 1.91. The summed E-state index contributed by atoms with van der Waals surface area (Å²) >= 11 is 0. The Hall–Kier alpha value is -1.66. The summed E-state index contributed by atoms with van der Waals surface area (Å²) in [5.41, 5.74) is 6.32. The number of carbonyl (C=O) groups excluding carboxylic acids is 1. The molecule has 0 bridgehead atoms. The molecule has 0 aromatic carbocycles. The molecular formula is C12H19N5O. The summed E-state index contributed by atoms with van der Waals surface area (Å²) in [6, 6.07) is 3.78. The van der Waals surface area contributed by atoms with Gasteiger partial charge in [-0.1, -0.05) is 0 Å². The Morgan fingerprint density at radius 2 is 2.11 bits per heavy atom. The van der Waals surface area contributed by atoms with E-state index >= 15 is 0 Å². The molecule has 0 atom stereocenters. The first-order chi connectivity index (χ1) is 8.69. The van der Waals surface area contributed by atoms with E-state index in [2.05, 4.69) is 27.1 Å². The molecule has 0 spiro atoms. The third kappa shape index (κ3) is 3.18. The minimum atomic E-state index is -0.227. The van der Waals surface area contributed by atoms with Gasteiger partial charge in [-0.05, 0) is 19.2 Å². The monoisotopic (exact) mass is 249 g/mol. The Labute approximate surface area is 107 Å². The Morgan fingerprint density at radius 3 is 2.67 bits per heavy atom. The largest absolute Gasteiger partial charge is 0.368 e. The van der Waals surface area contributed by atoms with Gasteiger partial charge in [-0.15, -0.1) is 0 Å². The molecular weight excluding hydrogens is 230 g/mol. The number of nitrogens with zero attached hydrogens (tertiary/aromatic N) is 3. The Balaban J connectivity index is 1.97. The van der Waals surface area contributed by atoms with Crippen molar-refractivity contribution in [1.29, 1.82) is 0 Å². The molecule has 1 aliphatic rings. The van der Waals surface area contributed by atoms with E-state index in [0.717, 1.165) is 31.9 Å². The Kier molecular flexibility index (Phi) is 4.11. The molecule has 18 heavy (non-hydrogen) atoms. The van der Waals surface area contributed by atoms with Crippen LogP contribution in [0.2, 0.25) is 0 Å². The minimum absolute atomic E-state index is 0.0259. The highest BCUT2D eigenvalue weighted by atomic mass is 16.1. The van der Waals surface area contributed by atoms with Gasteiger partial charge in [-0.2, -0.15) is 0 Å². The number of hydrogen-bond donors (Lipinski definition) is 2. The van der Waals surface area contributed by atoms with Gasteiger partial charge in [0.15, 0.2) is 0 Å². The number of amides is 1. The van der Waals surface area contributed by atoms with Crippen LogP contribution in [0.25, 0.3) is 0 Å². The third-order valence-electron chi connectivity index (χ3n) is 3.07. The van der Waals surface area contributed by atoms with Crippen LogP contribution in [-0.2, 0) is 4.79 Å². The summed E-state index contributed by atoms with van der Waals surface area (Å²) < 4.78 is 0. The molecule has 0 aliphatic carbocycles. The molecule has 1 aromatic heterocycles. The van der Waals surface area contributed by atoms with Crippen LogP contribution in [0.3, 0.4) is 0 Å². The number of nitrogens with one attached hydrogen (secondary N) is 1. The SMILES string of the molecule is CN1CCN(c2ccc(NC(=O)CN)nc2)CC1. The zero-order valence-electron chi connectivity index (χ0n) is 10.6. The lowest BCUT2D eigenvalue weighted by Gasteiger charge is -2.33. The Bertz CT molecular complexity index is 397. The van der Waals surface area contributed by atoms with Crippen LogP contribution in [0.15, 0.2) is 18.3 Å². The fraction of sp³-hybridized carbons (Fsp3) is 0.500. The smallest absolute Gasteiger partial charge is 0.239 e. The first-order valence-electron chi connectivity index (χ1n) is 6.08. The summed E-state index contributed by atoms with van der Waals surface area (Å²) in [6.07, 6.45) is 1.79. The lowest BCUT2D eigenvalue weighted by molar-refractivity contribution is -0.114. The van der Waals surface area contributed by atoms with Gasteiger partial charge in [-0.3, -0.25) is 4.79 Å². The van der Waals surface area contributed by atoms with Crippen molar-refractivity contribution in [3.05, 3.63) is 18.3 Å². The third-order valence-corrected chi connectivity index (χ3v) is 3.07. The minimum Gasteiger partial charge on any atom is -0.368 e. The highest BCUT2D eigenvalue weighted by Gasteiger charge is 2.14. The molecule has 1 fully saturated rings. The molecule has 3 N–H and O–H groups in total. The first-order valence-corrected chi connectivity index (χ1v) is 6.08. The molecule has 1 aliphatic heterocycles. The zero-order chi connectivity index (χ0) is 13.0. The van der Waals surface area contributed by atoms with E-state index in [9.17, 15) is 4.79 Å². The van der Waals surface area contributed by atoms with Gasteiger partial charge in [0.1, 0.15) is 5.82 Å². The van der Waals surface area contributed by atoms with Crippen molar-refractivity contribution >= 4 is 17.4 Å².